The van der Waals surface area contributed by atoms with E-state index in [1.54, 1.807) is 12.1 Å². The van der Waals surface area contributed by atoms with Crippen LogP contribution < -0.4 is 10.5 Å². The number of nitrogens with two attached hydrogens (primary N) is 1. The maximum atomic E-state index is 12.5. The molecular weight excluding hydrogens is 269 g/mol. The molecule has 1 fully saturated rings. The maximum absolute atomic E-state index is 12.5. The number of rotatable bonds is 4. The fraction of sp³-hybridized carbons (Fsp3) is 0.571. The first-order valence-corrected chi connectivity index (χ1v) is 6.80. The summed E-state index contributed by atoms with van der Waals surface area (Å²) in [4.78, 5) is 2.14. The van der Waals surface area contributed by atoms with E-state index in [-0.39, 0.29) is 18.3 Å². The standard InChI is InChI=1S/C14H19F3N2O/c15-14(16,17)20-13-7-3-2-6-11(13)12(10-18)19-8-4-1-5-9-19/h2-3,6-7,12H,1,4-5,8-10,18H2. The number of nitrogens with zero attached hydrogens (tertiary/aromatic N) is 1. The lowest BCUT2D eigenvalue weighted by atomic mass is 10.0. The third-order valence-corrected chi connectivity index (χ3v) is 3.56. The van der Waals surface area contributed by atoms with Crippen LogP contribution in [0.4, 0.5) is 13.2 Å². The van der Waals surface area contributed by atoms with Gasteiger partial charge < -0.3 is 10.5 Å². The van der Waals surface area contributed by atoms with Crippen LogP contribution >= 0.6 is 0 Å². The summed E-state index contributed by atoms with van der Waals surface area (Å²) < 4.78 is 41.5. The van der Waals surface area contributed by atoms with Gasteiger partial charge in [-0.3, -0.25) is 4.90 Å². The number of alkyl halides is 3. The van der Waals surface area contributed by atoms with Crippen LogP contribution in [-0.4, -0.2) is 30.9 Å². The zero-order valence-electron chi connectivity index (χ0n) is 11.2. The minimum absolute atomic E-state index is 0.152. The van der Waals surface area contributed by atoms with Crippen LogP contribution in [0.3, 0.4) is 0 Å². The van der Waals surface area contributed by atoms with Gasteiger partial charge in [-0.15, -0.1) is 13.2 Å². The van der Waals surface area contributed by atoms with Crippen LogP contribution in [0.15, 0.2) is 24.3 Å². The molecule has 1 aliphatic rings. The van der Waals surface area contributed by atoms with E-state index in [2.05, 4.69) is 9.64 Å². The third kappa shape index (κ3) is 3.86. The minimum Gasteiger partial charge on any atom is -0.405 e. The highest BCUT2D eigenvalue weighted by Gasteiger charge is 2.33. The lowest BCUT2D eigenvalue weighted by molar-refractivity contribution is -0.275. The van der Waals surface area contributed by atoms with E-state index < -0.39 is 6.36 Å². The summed E-state index contributed by atoms with van der Waals surface area (Å²) in [7, 11) is 0. The maximum Gasteiger partial charge on any atom is 0.573 e. The highest BCUT2D eigenvalue weighted by Crippen LogP contribution is 2.33. The molecule has 0 aliphatic carbocycles. The monoisotopic (exact) mass is 288 g/mol. The molecule has 1 aromatic carbocycles. The SMILES string of the molecule is NCC(c1ccccc1OC(F)(F)F)N1CCCCC1. The molecule has 1 aliphatic heterocycles. The van der Waals surface area contributed by atoms with Gasteiger partial charge in [0.25, 0.3) is 0 Å². The van der Waals surface area contributed by atoms with Gasteiger partial charge in [0.05, 0.1) is 6.04 Å². The first kappa shape index (κ1) is 15.1. The molecule has 1 atom stereocenters. The Bertz CT molecular complexity index is 431. The van der Waals surface area contributed by atoms with Crippen molar-refractivity contribution in [3.05, 3.63) is 29.8 Å². The van der Waals surface area contributed by atoms with Crippen molar-refractivity contribution >= 4 is 0 Å². The highest BCUT2D eigenvalue weighted by atomic mass is 19.4. The highest BCUT2D eigenvalue weighted by molar-refractivity contribution is 5.36. The van der Waals surface area contributed by atoms with Crippen molar-refractivity contribution in [3.8, 4) is 5.75 Å². The molecule has 0 bridgehead atoms. The first-order valence-electron chi connectivity index (χ1n) is 6.80. The van der Waals surface area contributed by atoms with Crippen LogP contribution in [0.2, 0.25) is 0 Å². The van der Waals surface area contributed by atoms with Gasteiger partial charge >= 0.3 is 6.36 Å². The number of halogens is 3. The molecule has 1 aromatic rings. The van der Waals surface area contributed by atoms with Gasteiger partial charge in [-0.2, -0.15) is 0 Å². The van der Waals surface area contributed by atoms with Crippen molar-refractivity contribution in [3.63, 3.8) is 0 Å². The quantitative estimate of drug-likeness (QED) is 0.925. The third-order valence-electron chi connectivity index (χ3n) is 3.56. The Morgan fingerprint density at radius 3 is 2.40 bits per heavy atom. The molecule has 20 heavy (non-hydrogen) atoms. The predicted molar refractivity (Wildman–Crippen MR) is 70.3 cm³/mol. The van der Waals surface area contributed by atoms with Gasteiger partial charge in [-0.05, 0) is 32.0 Å². The van der Waals surface area contributed by atoms with Crippen LogP contribution in [0.1, 0.15) is 30.9 Å². The molecule has 1 heterocycles. The summed E-state index contributed by atoms with van der Waals surface area (Å²) in [5.74, 6) is -0.152. The topological polar surface area (TPSA) is 38.5 Å². The second-order valence-electron chi connectivity index (χ2n) is 4.93. The van der Waals surface area contributed by atoms with Crippen molar-refractivity contribution < 1.29 is 17.9 Å². The molecule has 1 unspecified atom stereocenters. The lowest BCUT2D eigenvalue weighted by Gasteiger charge is -2.34. The molecule has 0 spiro atoms. The Balaban J connectivity index is 2.24. The number of hydrogen-bond acceptors (Lipinski definition) is 3. The number of ether oxygens (including phenoxy) is 1. The Morgan fingerprint density at radius 1 is 1.15 bits per heavy atom. The smallest absolute Gasteiger partial charge is 0.405 e. The van der Waals surface area contributed by atoms with Crippen LogP contribution in [-0.2, 0) is 0 Å². The first-order chi connectivity index (χ1) is 9.51. The molecule has 0 amide bonds. The van der Waals surface area contributed by atoms with E-state index in [0.29, 0.717) is 5.56 Å². The number of likely N-dealkylation sites (tertiary alicyclic amines) is 1. The normalized spacial score (nSPS) is 18.8. The summed E-state index contributed by atoms with van der Waals surface area (Å²) in [5, 5.41) is 0. The fourth-order valence-corrected chi connectivity index (χ4v) is 2.68. The van der Waals surface area contributed by atoms with Gasteiger partial charge in [0.2, 0.25) is 0 Å². The zero-order valence-corrected chi connectivity index (χ0v) is 11.2. The van der Waals surface area contributed by atoms with Crippen molar-refractivity contribution in [1.29, 1.82) is 0 Å². The fourth-order valence-electron chi connectivity index (χ4n) is 2.68. The number of benzene rings is 1. The average Bonchev–Trinajstić information content (AvgIpc) is 2.41. The summed E-state index contributed by atoms with van der Waals surface area (Å²) in [6, 6.07) is 6.02. The van der Waals surface area contributed by atoms with Gasteiger partial charge in [0.15, 0.2) is 0 Å². The van der Waals surface area contributed by atoms with E-state index in [1.165, 1.54) is 12.1 Å². The molecule has 0 aromatic heterocycles. The molecule has 112 valence electrons. The second kappa shape index (κ2) is 6.45. The number of hydrogen-bond donors (Lipinski definition) is 1. The number of piperidine rings is 1. The molecule has 0 radical (unpaired) electrons. The van der Waals surface area contributed by atoms with Gasteiger partial charge in [-0.1, -0.05) is 24.6 Å². The van der Waals surface area contributed by atoms with Gasteiger partial charge in [-0.25, -0.2) is 0 Å². The summed E-state index contributed by atoms with van der Waals surface area (Å²) in [6.07, 6.45) is -1.41. The second-order valence-corrected chi connectivity index (χ2v) is 4.93. The van der Waals surface area contributed by atoms with E-state index in [9.17, 15) is 13.2 Å². The molecular formula is C14H19F3N2O. The molecule has 2 N–H and O–H groups in total. The van der Waals surface area contributed by atoms with Crippen LogP contribution in [0.25, 0.3) is 0 Å². The summed E-state index contributed by atoms with van der Waals surface area (Å²) in [5.41, 5.74) is 6.30. The predicted octanol–water partition coefficient (Wildman–Crippen LogP) is 3.07. The van der Waals surface area contributed by atoms with E-state index >= 15 is 0 Å². The van der Waals surface area contributed by atoms with Crippen LogP contribution in [0, 0.1) is 0 Å². The van der Waals surface area contributed by atoms with Gasteiger partial charge in [0.1, 0.15) is 5.75 Å². The molecule has 3 nitrogen and oxygen atoms in total. The molecule has 1 saturated heterocycles. The summed E-state index contributed by atoms with van der Waals surface area (Å²) >= 11 is 0. The van der Waals surface area contributed by atoms with Crippen molar-refractivity contribution in [2.24, 2.45) is 5.73 Å². The Kier molecular flexibility index (Phi) is 4.88. The van der Waals surface area contributed by atoms with E-state index in [4.69, 9.17) is 5.73 Å². The Morgan fingerprint density at radius 2 is 1.80 bits per heavy atom. The zero-order chi connectivity index (χ0) is 14.6. The Hall–Kier alpha value is -1.27. The lowest BCUT2D eigenvalue weighted by Crippen LogP contribution is -2.38. The number of para-hydroxylation sites is 1. The average molecular weight is 288 g/mol. The van der Waals surface area contributed by atoms with Crippen molar-refractivity contribution in [2.45, 2.75) is 31.7 Å². The van der Waals surface area contributed by atoms with Crippen molar-refractivity contribution in [2.75, 3.05) is 19.6 Å². The van der Waals surface area contributed by atoms with Gasteiger partial charge in [0, 0.05) is 12.1 Å². The summed E-state index contributed by atoms with van der Waals surface area (Å²) in [6.45, 7) is 2.00. The van der Waals surface area contributed by atoms with Crippen molar-refractivity contribution in [1.82, 2.24) is 4.90 Å². The molecule has 6 heteroatoms. The molecule has 0 saturated carbocycles. The molecule has 2 rings (SSSR count). The Labute approximate surface area is 116 Å². The van der Waals surface area contributed by atoms with E-state index in [1.807, 2.05) is 0 Å². The largest absolute Gasteiger partial charge is 0.573 e. The van der Waals surface area contributed by atoms with Crippen LogP contribution in [0.5, 0.6) is 5.75 Å². The minimum atomic E-state index is -4.68. The van der Waals surface area contributed by atoms with E-state index in [0.717, 1.165) is 32.4 Å².